The summed E-state index contributed by atoms with van der Waals surface area (Å²) >= 11 is 4.28. The van der Waals surface area contributed by atoms with Gasteiger partial charge in [0.15, 0.2) is 4.34 Å². The predicted molar refractivity (Wildman–Crippen MR) is 168 cm³/mol. The Bertz CT molecular complexity index is 1530. The first-order chi connectivity index (χ1) is 20.4. The molecular weight excluding hydrogens is 595 g/mol. The molecule has 0 aliphatic heterocycles. The highest BCUT2D eigenvalue weighted by molar-refractivity contribution is 8.01. The number of thiazole rings is 1. The lowest BCUT2D eigenvalue weighted by Crippen LogP contribution is -2.52. The van der Waals surface area contributed by atoms with Gasteiger partial charge in [0.1, 0.15) is 11.8 Å². The molecule has 42 heavy (non-hydrogen) atoms. The van der Waals surface area contributed by atoms with Crippen molar-refractivity contribution in [2.24, 2.45) is 0 Å². The highest BCUT2D eigenvalue weighted by Crippen LogP contribution is 2.29. The van der Waals surface area contributed by atoms with Gasteiger partial charge >= 0.3 is 0 Å². The molecule has 3 aromatic carbocycles. The van der Waals surface area contributed by atoms with Crippen molar-refractivity contribution in [3.63, 3.8) is 0 Å². The van der Waals surface area contributed by atoms with E-state index in [9.17, 15) is 19.2 Å². The van der Waals surface area contributed by atoms with Crippen LogP contribution < -0.4 is 26.2 Å². The van der Waals surface area contributed by atoms with Gasteiger partial charge in [-0.05, 0) is 67.0 Å². The molecule has 0 aliphatic rings. The van der Waals surface area contributed by atoms with Gasteiger partial charge in [-0.15, -0.1) is 11.3 Å². The van der Waals surface area contributed by atoms with Gasteiger partial charge in [0.25, 0.3) is 17.7 Å². The number of amides is 4. The van der Waals surface area contributed by atoms with Gasteiger partial charge in [0.05, 0.1) is 34.3 Å². The molecule has 0 saturated heterocycles. The number of rotatable bonds is 12. The maximum Gasteiger partial charge on any atom is 0.260 e. The van der Waals surface area contributed by atoms with E-state index in [1.54, 1.807) is 48.5 Å². The number of thioether (sulfide) groups is 2. The molecule has 1 heterocycles. The zero-order valence-corrected chi connectivity index (χ0v) is 25.3. The molecule has 0 aliphatic carbocycles. The lowest BCUT2D eigenvalue weighted by molar-refractivity contribution is -0.128. The van der Waals surface area contributed by atoms with Crippen LogP contribution in [-0.4, -0.2) is 59.5 Å². The van der Waals surface area contributed by atoms with Crippen molar-refractivity contribution in [2.75, 3.05) is 30.2 Å². The van der Waals surface area contributed by atoms with E-state index in [-0.39, 0.29) is 11.3 Å². The average molecular weight is 624 g/mol. The highest BCUT2D eigenvalue weighted by Gasteiger charge is 2.23. The molecule has 4 amide bonds. The van der Waals surface area contributed by atoms with E-state index in [0.717, 1.165) is 14.6 Å². The first-order valence-electron chi connectivity index (χ1n) is 12.8. The van der Waals surface area contributed by atoms with E-state index < -0.39 is 29.7 Å². The second-order valence-corrected chi connectivity index (χ2v) is 12.0. The molecule has 0 radical (unpaired) electrons. The molecule has 4 rings (SSSR count). The van der Waals surface area contributed by atoms with Crippen molar-refractivity contribution in [1.82, 2.24) is 21.2 Å². The Labute approximate surface area is 255 Å². The Morgan fingerprint density at radius 2 is 1.67 bits per heavy atom. The number of hydrazine groups is 1. The van der Waals surface area contributed by atoms with E-state index >= 15 is 0 Å². The Morgan fingerprint density at radius 3 is 2.40 bits per heavy atom. The summed E-state index contributed by atoms with van der Waals surface area (Å²) in [5.74, 6) is -0.645. The van der Waals surface area contributed by atoms with Crippen molar-refractivity contribution < 1.29 is 23.9 Å². The zero-order valence-electron chi connectivity index (χ0n) is 22.8. The lowest BCUT2D eigenvalue weighted by atomic mass is 10.1. The van der Waals surface area contributed by atoms with Crippen molar-refractivity contribution in [1.29, 1.82) is 0 Å². The summed E-state index contributed by atoms with van der Waals surface area (Å²) in [4.78, 5) is 55.9. The van der Waals surface area contributed by atoms with Crippen molar-refractivity contribution in [2.45, 2.75) is 16.8 Å². The number of fused-ring (bicyclic) bond motifs is 1. The van der Waals surface area contributed by atoms with Crippen LogP contribution in [0.1, 0.15) is 27.1 Å². The summed E-state index contributed by atoms with van der Waals surface area (Å²) in [7, 11) is 1.54. The van der Waals surface area contributed by atoms with Crippen molar-refractivity contribution in [3.05, 3.63) is 83.9 Å². The Hall–Kier alpha value is -4.07. The fraction of sp³-hybridized carbons (Fsp3) is 0.207. The summed E-state index contributed by atoms with van der Waals surface area (Å²) < 4.78 is 6.91. The topological polar surface area (TPSA) is 139 Å². The number of benzene rings is 3. The normalized spacial score (nSPS) is 11.4. The minimum Gasteiger partial charge on any atom is -0.497 e. The molecule has 218 valence electrons. The number of hydrogen-bond acceptors (Lipinski definition) is 9. The van der Waals surface area contributed by atoms with Crippen molar-refractivity contribution in [3.8, 4) is 5.75 Å². The fourth-order valence-corrected chi connectivity index (χ4v) is 6.10. The third-order valence-electron chi connectivity index (χ3n) is 5.93. The molecular formula is C29H29N5O5S3. The van der Waals surface area contributed by atoms with Gasteiger partial charge in [-0.1, -0.05) is 36.0 Å². The van der Waals surface area contributed by atoms with E-state index in [1.807, 2.05) is 30.5 Å². The zero-order chi connectivity index (χ0) is 29.9. The van der Waals surface area contributed by atoms with Gasteiger partial charge in [-0.2, -0.15) is 11.8 Å². The Morgan fingerprint density at radius 1 is 0.929 bits per heavy atom. The van der Waals surface area contributed by atoms with Crippen LogP contribution in [0.3, 0.4) is 0 Å². The number of nitrogens with zero attached hydrogens (tertiary/aromatic N) is 1. The number of carbonyl (C=O) groups excluding carboxylic acids is 4. The number of nitrogens with one attached hydrogen (secondary N) is 4. The molecule has 1 aromatic heterocycles. The second kappa shape index (κ2) is 15.2. The van der Waals surface area contributed by atoms with Gasteiger partial charge < -0.3 is 15.4 Å². The van der Waals surface area contributed by atoms with Gasteiger partial charge in [-0.25, -0.2) is 4.98 Å². The number of aromatic nitrogens is 1. The highest BCUT2D eigenvalue weighted by atomic mass is 32.2. The average Bonchev–Trinajstić information content (AvgIpc) is 3.44. The first kappa shape index (κ1) is 30.9. The SMILES string of the molecule is COc1ccc(C(=O)Nc2ccccc2C(=O)N[C@@H](CCSC)C(=O)NNC(=O)CSc2nc3ccccc3s2)cc1. The molecule has 10 nitrogen and oxygen atoms in total. The Balaban J connectivity index is 1.34. The smallest absolute Gasteiger partial charge is 0.260 e. The quantitative estimate of drug-likeness (QED) is 0.135. The molecule has 4 aromatic rings. The van der Waals surface area contributed by atoms with Crippen LogP contribution in [0.2, 0.25) is 0 Å². The van der Waals surface area contributed by atoms with E-state index in [4.69, 9.17) is 4.74 Å². The van der Waals surface area contributed by atoms with Gasteiger partial charge in [0.2, 0.25) is 5.91 Å². The number of para-hydroxylation sites is 2. The van der Waals surface area contributed by atoms with Crippen LogP contribution in [0.4, 0.5) is 5.69 Å². The molecule has 13 heteroatoms. The number of ether oxygens (including phenoxy) is 1. The number of methoxy groups -OCH3 is 1. The molecule has 0 fully saturated rings. The van der Waals surface area contributed by atoms with Crippen LogP contribution in [-0.2, 0) is 9.59 Å². The number of hydrogen-bond donors (Lipinski definition) is 4. The minimum atomic E-state index is -0.924. The van der Waals surface area contributed by atoms with E-state index in [1.165, 1.54) is 42.0 Å². The van der Waals surface area contributed by atoms with E-state index in [2.05, 4.69) is 26.5 Å². The molecule has 1 atom stereocenters. The first-order valence-corrected chi connectivity index (χ1v) is 16.0. The van der Waals surface area contributed by atoms with Gasteiger partial charge in [0, 0.05) is 5.56 Å². The number of anilines is 1. The maximum absolute atomic E-state index is 13.3. The summed E-state index contributed by atoms with van der Waals surface area (Å²) in [6.45, 7) is 0. The molecule has 0 unspecified atom stereocenters. The second-order valence-electron chi connectivity index (χ2n) is 8.81. The lowest BCUT2D eigenvalue weighted by Gasteiger charge is -2.19. The molecule has 0 spiro atoms. The fourth-order valence-electron chi connectivity index (χ4n) is 3.76. The third-order valence-corrected chi connectivity index (χ3v) is 8.75. The molecule has 4 N–H and O–H groups in total. The minimum absolute atomic E-state index is 0.0587. The Kier molecular flexibility index (Phi) is 11.2. The maximum atomic E-state index is 13.3. The number of carbonyl (C=O) groups is 4. The predicted octanol–water partition coefficient (Wildman–Crippen LogP) is 4.35. The molecule has 0 saturated carbocycles. The van der Waals surface area contributed by atoms with Crippen LogP contribution in [0.25, 0.3) is 10.2 Å². The summed E-state index contributed by atoms with van der Waals surface area (Å²) in [5, 5.41) is 5.49. The summed E-state index contributed by atoms with van der Waals surface area (Å²) in [5.41, 5.74) is 6.57. The van der Waals surface area contributed by atoms with Crippen LogP contribution in [0.15, 0.2) is 77.1 Å². The third kappa shape index (κ3) is 8.47. The van der Waals surface area contributed by atoms with Crippen molar-refractivity contribution >= 4 is 74.4 Å². The summed E-state index contributed by atoms with van der Waals surface area (Å²) in [6.07, 6.45) is 2.22. The van der Waals surface area contributed by atoms with Gasteiger partial charge in [-0.3, -0.25) is 30.0 Å². The standard InChI is InChI=1S/C29H29N5O5S3/c1-39-19-13-11-18(12-14-19)26(36)30-21-8-4-3-7-20(21)27(37)31-23(15-16-40-2)28(38)34-33-25(35)17-41-29-32-22-9-5-6-10-24(22)42-29/h3-14,23H,15-17H2,1-2H3,(H,30,36)(H,31,37)(H,33,35)(H,34,38)/t23-/m0/s1. The molecule has 0 bridgehead atoms. The van der Waals surface area contributed by atoms with E-state index in [0.29, 0.717) is 29.2 Å². The largest absolute Gasteiger partial charge is 0.497 e. The monoisotopic (exact) mass is 623 g/mol. The van der Waals surface area contributed by atoms with Crippen LogP contribution in [0.5, 0.6) is 5.75 Å². The van der Waals surface area contributed by atoms with Crippen LogP contribution in [0, 0.1) is 0 Å². The summed E-state index contributed by atoms with van der Waals surface area (Å²) in [6, 6.07) is 19.9. The van der Waals surface area contributed by atoms with Crippen LogP contribution >= 0.6 is 34.9 Å².